The first-order valence-corrected chi connectivity index (χ1v) is 10.1. The molecule has 0 saturated carbocycles. The molecule has 164 valence electrons. The van der Waals surface area contributed by atoms with Crippen molar-refractivity contribution in [3.63, 3.8) is 0 Å². The summed E-state index contributed by atoms with van der Waals surface area (Å²) in [7, 11) is 1.61. The predicted molar refractivity (Wildman–Crippen MR) is 116 cm³/mol. The highest BCUT2D eigenvalue weighted by Gasteiger charge is 2.17. The van der Waals surface area contributed by atoms with Crippen molar-refractivity contribution in [3.8, 4) is 17.2 Å². The number of hydrogen-bond acceptors (Lipinski definition) is 6. The van der Waals surface area contributed by atoms with Gasteiger partial charge in [-0.25, -0.2) is 0 Å². The van der Waals surface area contributed by atoms with E-state index in [0.717, 1.165) is 16.5 Å². The molecule has 2 aromatic heterocycles. The number of nitrogens with zero attached hydrogens (tertiary/aromatic N) is 2. The van der Waals surface area contributed by atoms with Gasteiger partial charge in [-0.3, -0.25) is 14.3 Å². The summed E-state index contributed by atoms with van der Waals surface area (Å²) in [6.45, 7) is 0.517. The minimum Gasteiger partial charge on any atom is -0.497 e. The van der Waals surface area contributed by atoms with Gasteiger partial charge in [0.05, 0.1) is 32.0 Å². The van der Waals surface area contributed by atoms with Crippen LogP contribution in [0.1, 0.15) is 24.2 Å². The van der Waals surface area contributed by atoms with Crippen molar-refractivity contribution in [2.45, 2.75) is 26.0 Å². The van der Waals surface area contributed by atoms with Crippen LogP contribution in [0.4, 0.5) is 0 Å². The lowest BCUT2D eigenvalue weighted by Crippen LogP contribution is -2.07. The minimum absolute atomic E-state index is 0.0789. The summed E-state index contributed by atoms with van der Waals surface area (Å²) in [6, 6.07) is 19.3. The lowest BCUT2D eigenvalue weighted by Gasteiger charge is -2.04. The van der Waals surface area contributed by atoms with Crippen molar-refractivity contribution < 1.29 is 28.6 Å². The van der Waals surface area contributed by atoms with Crippen LogP contribution in [-0.2, 0) is 27.5 Å². The van der Waals surface area contributed by atoms with Gasteiger partial charge in [-0.1, -0.05) is 30.3 Å². The average molecular weight is 434 g/mol. The summed E-state index contributed by atoms with van der Waals surface area (Å²) in [5, 5.41) is 14.3. The molecule has 0 unspecified atom stereocenters. The number of hydrogen-bond donors (Lipinski definition) is 1. The van der Waals surface area contributed by atoms with E-state index < -0.39 is 11.9 Å². The summed E-state index contributed by atoms with van der Waals surface area (Å²) in [5.74, 6) is 0.0458. The van der Waals surface area contributed by atoms with E-state index in [-0.39, 0.29) is 19.4 Å². The number of aliphatic carboxylic acids is 1. The maximum Gasteiger partial charge on any atom is 0.306 e. The molecule has 0 atom stereocenters. The molecule has 0 saturated heterocycles. The van der Waals surface area contributed by atoms with Crippen LogP contribution in [-0.4, -0.2) is 33.9 Å². The van der Waals surface area contributed by atoms with Gasteiger partial charge in [-0.15, -0.1) is 0 Å². The highest BCUT2D eigenvalue weighted by molar-refractivity contribution is 5.93. The van der Waals surface area contributed by atoms with Gasteiger partial charge in [0.25, 0.3) is 0 Å². The lowest BCUT2D eigenvalue weighted by molar-refractivity contribution is -0.149. The molecule has 8 nitrogen and oxygen atoms in total. The van der Waals surface area contributed by atoms with E-state index in [4.69, 9.17) is 24.1 Å². The molecule has 0 spiro atoms. The Hall–Kier alpha value is -4.07. The number of carboxylic acids is 1. The summed E-state index contributed by atoms with van der Waals surface area (Å²) in [4.78, 5) is 22.2. The highest BCUT2D eigenvalue weighted by Crippen LogP contribution is 2.32. The van der Waals surface area contributed by atoms with Crippen LogP contribution >= 0.6 is 0 Å². The van der Waals surface area contributed by atoms with Gasteiger partial charge in [0.15, 0.2) is 5.76 Å². The molecule has 2 aromatic carbocycles. The maximum atomic E-state index is 11.7. The first-order valence-electron chi connectivity index (χ1n) is 10.1. The van der Waals surface area contributed by atoms with E-state index in [2.05, 4.69) is 0 Å². The first-order chi connectivity index (χ1) is 15.5. The fourth-order valence-corrected chi connectivity index (χ4v) is 3.36. The molecule has 0 aliphatic rings. The third-order valence-corrected chi connectivity index (χ3v) is 4.95. The smallest absolute Gasteiger partial charge is 0.306 e. The number of ether oxygens (including phenoxy) is 2. The number of fused-ring (bicyclic) bond motifs is 1. The predicted octanol–water partition coefficient (Wildman–Crippen LogP) is 4.26. The molecular weight excluding hydrogens is 412 g/mol. The second-order valence-corrected chi connectivity index (χ2v) is 7.20. The van der Waals surface area contributed by atoms with Crippen LogP contribution in [0.2, 0.25) is 0 Å². The molecule has 0 fully saturated rings. The Balaban J connectivity index is 1.59. The molecule has 1 N–H and O–H groups in total. The van der Waals surface area contributed by atoms with E-state index in [0.29, 0.717) is 29.5 Å². The Morgan fingerprint density at radius 1 is 1.06 bits per heavy atom. The van der Waals surface area contributed by atoms with E-state index in [1.54, 1.807) is 19.2 Å². The van der Waals surface area contributed by atoms with Crippen molar-refractivity contribution in [2.24, 2.45) is 0 Å². The fraction of sp³-hybridized carbons (Fsp3) is 0.208. The standard InChI is InChI=1S/C24H22N2O6/c1-30-17-7-9-20-19(13-17)24(25-26(20)14-16-5-3-2-4-6-16)21-10-8-18(32-21)15-31-23(29)12-11-22(27)28/h2-10,13H,11-12,14-15H2,1H3,(H,27,28). The fourth-order valence-electron chi connectivity index (χ4n) is 3.36. The zero-order valence-corrected chi connectivity index (χ0v) is 17.5. The van der Waals surface area contributed by atoms with Gasteiger partial charge in [0.2, 0.25) is 0 Å². The normalized spacial score (nSPS) is 10.9. The van der Waals surface area contributed by atoms with Gasteiger partial charge >= 0.3 is 11.9 Å². The largest absolute Gasteiger partial charge is 0.497 e. The monoisotopic (exact) mass is 434 g/mol. The average Bonchev–Trinajstić information content (AvgIpc) is 3.41. The molecular formula is C24H22N2O6. The highest BCUT2D eigenvalue weighted by atomic mass is 16.5. The summed E-state index contributed by atoms with van der Waals surface area (Å²) in [6.07, 6.45) is -0.452. The van der Waals surface area contributed by atoms with Crippen LogP contribution in [0, 0.1) is 0 Å². The molecule has 4 rings (SSSR count). The van der Waals surface area contributed by atoms with Crippen LogP contribution in [0.15, 0.2) is 65.1 Å². The molecule has 2 heterocycles. The Morgan fingerprint density at radius 3 is 2.62 bits per heavy atom. The van der Waals surface area contributed by atoms with Gasteiger partial charge in [-0.05, 0) is 35.9 Å². The maximum absolute atomic E-state index is 11.7. The zero-order chi connectivity index (χ0) is 22.5. The number of carbonyl (C=O) groups is 2. The molecule has 8 heteroatoms. The van der Waals surface area contributed by atoms with Crippen molar-refractivity contribution >= 4 is 22.8 Å². The molecule has 0 aliphatic carbocycles. The third-order valence-electron chi connectivity index (χ3n) is 4.95. The lowest BCUT2D eigenvalue weighted by atomic mass is 10.1. The topological polar surface area (TPSA) is 104 Å². The number of aromatic nitrogens is 2. The first kappa shape index (κ1) is 21.2. The minimum atomic E-state index is -1.05. The summed E-state index contributed by atoms with van der Waals surface area (Å²) in [5.41, 5.74) is 2.70. The van der Waals surface area contributed by atoms with Crippen molar-refractivity contribution in [2.75, 3.05) is 7.11 Å². The number of methoxy groups -OCH3 is 1. The number of rotatable bonds is 9. The quantitative estimate of drug-likeness (QED) is 0.393. The Kier molecular flexibility index (Phi) is 6.21. The van der Waals surface area contributed by atoms with Gasteiger partial charge < -0.3 is 19.0 Å². The van der Waals surface area contributed by atoms with Gasteiger partial charge in [0.1, 0.15) is 23.8 Å². The molecule has 0 amide bonds. The molecule has 32 heavy (non-hydrogen) atoms. The Morgan fingerprint density at radius 2 is 1.88 bits per heavy atom. The van der Waals surface area contributed by atoms with Crippen molar-refractivity contribution in [3.05, 3.63) is 72.0 Å². The van der Waals surface area contributed by atoms with Crippen LogP contribution in [0.25, 0.3) is 22.4 Å². The van der Waals surface area contributed by atoms with Crippen LogP contribution < -0.4 is 4.74 Å². The van der Waals surface area contributed by atoms with E-state index in [1.807, 2.05) is 53.2 Å². The Bertz CT molecular complexity index is 1240. The number of carbonyl (C=O) groups excluding carboxylic acids is 1. The molecule has 4 aromatic rings. The van der Waals surface area contributed by atoms with E-state index in [9.17, 15) is 9.59 Å². The van der Waals surface area contributed by atoms with Gasteiger partial charge in [-0.2, -0.15) is 5.10 Å². The Labute approximate surface area is 184 Å². The molecule has 0 radical (unpaired) electrons. The number of carboxylic acid groups (broad SMARTS) is 1. The molecule has 0 aliphatic heterocycles. The number of furan rings is 1. The van der Waals surface area contributed by atoms with Crippen LogP contribution in [0.5, 0.6) is 5.75 Å². The SMILES string of the molecule is COc1ccc2c(c1)c(-c1ccc(COC(=O)CCC(=O)O)o1)nn2Cc1ccccc1. The van der Waals surface area contributed by atoms with Gasteiger partial charge in [0, 0.05) is 5.39 Å². The van der Waals surface area contributed by atoms with E-state index >= 15 is 0 Å². The third kappa shape index (κ3) is 4.80. The molecule has 0 bridgehead atoms. The second kappa shape index (κ2) is 9.38. The summed E-state index contributed by atoms with van der Waals surface area (Å²) < 4.78 is 18.3. The van der Waals surface area contributed by atoms with Crippen LogP contribution in [0.3, 0.4) is 0 Å². The van der Waals surface area contributed by atoms with Crippen molar-refractivity contribution in [1.82, 2.24) is 9.78 Å². The second-order valence-electron chi connectivity index (χ2n) is 7.20. The number of esters is 1. The van der Waals surface area contributed by atoms with Crippen molar-refractivity contribution in [1.29, 1.82) is 0 Å². The summed E-state index contributed by atoms with van der Waals surface area (Å²) >= 11 is 0. The van der Waals surface area contributed by atoms with E-state index in [1.165, 1.54) is 0 Å². The zero-order valence-electron chi connectivity index (χ0n) is 17.5. The number of benzene rings is 2.